The first kappa shape index (κ1) is 9.58. The number of fused-ring (bicyclic) bond motifs is 1. The maximum atomic E-state index is 10.8. The average Bonchev–Trinajstić information content (AvgIpc) is 2.16. The van der Waals surface area contributed by atoms with Crippen molar-refractivity contribution in [3.05, 3.63) is 35.4 Å². The molecule has 4 nitrogen and oxygen atoms in total. The molecule has 0 aromatic heterocycles. The summed E-state index contributed by atoms with van der Waals surface area (Å²) < 4.78 is 0. The van der Waals surface area contributed by atoms with Crippen LogP contribution < -0.4 is 11.1 Å². The van der Waals surface area contributed by atoms with E-state index in [1.165, 1.54) is 0 Å². The van der Waals surface area contributed by atoms with Crippen LogP contribution >= 0.6 is 0 Å². The molecule has 4 heteroatoms. The molecule has 1 aliphatic rings. The van der Waals surface area contributed by atoms with E-state index in [-0.39, 0.29) is 11.6 Å². The molecule has 0 aliphatic carbocycles. The summed E-state index contributed by atoms with van der Waals surface area (Å²) in [6.45, 7) is 1.99. The standard InChI is InChI=1S/C11H12N2O2/c1-6-4-9(12)8-5-7(11(14)15)2-3-10(8)13-6/h2-6,13H,12H2,1H3,(H,14,15). The third-order valence-corrected chi connectivity index (χ3v) is 2.39. The molecule has 0 bridgehead atoms. The summed E-state index contributed by atoms with van der Waals surface area (Å²) in [5.41, 5.74) is 8.35. The molecule has 0 spiro atoms. The molecule has 1 atom stereocenters. The lowest BCUT2D eigenvalue weighted by atomic mass is 10.0. The molecular weight excluding hydrogens is 192 g/mol. The SMILES string of the molecule is CC1C=C(N)c2cc(C(=O)O)ccc2N1. The summed E-state index contributed by atoms with van der Waals surface area (Å²) in [7, 11) is 0. The molecule has 1 aromatic carbocycles. The lowest BCUT2D eigenvalue weighted by Gasteiger charge is -2.22. The topological polar surface area (TPSA) is 75.4 Å². The van der Waals surface area contributed by atoms with Gasteiger partial charge in [0.1, 0.15) is 0 Å². The highest BCUT2D eigenvalue weighted by Gasteiger charge is 2.15. The van der Waals surface area contributed by atoms with Gasteiger partial charge < -0.3 is 16.2 Å². The molecule has 0 saturated heterocycles. The normalized spacial score (nSPS) is 18.7. The van der Waals surface area contributed by atoms with E-state index in [2.05, 4.69) is 5.32 Å². The second-order valence-electron chi connectivity index (χ2n) is 3.62. The number of anilines is 1. The van der Waals surface area contributed by atoms with Gasteiger partial charge in [-0.15, -0.1) is 0 Å². The summed E-state index contributed by atoms with van der Waals surface area (Å²) >= 11 is 0. The molecule has 0 saturated carbocycles. The predicted molar refractivity (Wildman–Crippen MR) is 58.7 cm³/mol. The maximum Gasteiger partial charge on any atom is 0.335 e. The van der Waals surface area contributed by atoms with Crippen LogP contribution in [-0.2, 0) is 0 Å². The molecule has 0 fully saturated rings. The highest BCUT2D eigenvalue weighted by Crippen LogP contribution is 2.27. The molecule has 1 aromatic rings. The minimum atomic E-state index is -0.941. The maximum absolute atomic E-state index is 10.8. The summed E-state index contributed by atoms with van der Waals surface area (Å²) in [5, 5.41) is 12.1. The number of benzene rings is 1. The van der Waals surface area contributed by atoms with Crippen molar-refractivity contribution in [2.24, 2.45) is 5.73 Å². The Morgan fingerprint density at radius 3 is 2.93 bits per heavy atom. The summed E-state index contributed by atoms with van der Waals surface area (Å²) in [4.78, 5) is 10.8. The Labute approximate surface area is 87.4 Å². The van der Waals surface area contributed by atoms with Gasteiger partial charge in [-0.05, 0) is 31.2 Å². The van der Waals surface area contributed by atoms with Crippen LogP contribution in [0.3, 0.4) is 0 Å². The van der Waals surface area contributed by atoms with Gasteiger partial charge in [0.15, 0.2) is 0 Å². The molecule has 1 aliphatic heterocycles. The van der Waals surface area contributed by atoms with Gasteiger partial charge in [0.25, 0.3) is 0 Å². The van der Waals surface area contributed by atoms with Crippen molar-refractivity contribution >= 4 is 17.4 Å². The predicted octanol–water partition coefficient (Wildman–Crippen LogP) is 1.50. The van der Waals surface area contributed by atoms with E-state index in [1.54, 1.807) is 18.2 Å². The molecule has 1 heterocycles. The molecule has 2 rings (SSSR count). The number of carboxylic acid groups (broad SMARTS) is 1. The van der Waals surface area contributed by atoms with Crippen molar-refractivity contribution in [3.63, 3.8) is 0 Å². The monoisotopic (exact) mass is 204 g/mol. The van der Waals surface area contributed by atoms with Gasteiger partial charge in [0, 0.05) is 23.0 Å². The zero-order valence-electron chi connectivity index (χ0n) is 8.32. The van der Waals surface area contributed by atoms with Crippen molar-refractivity contribution in [2.75, 3.05) is 5.32 Å². The number of rotatable bonds is 1. The minimum Gasteiger partial charge on any atom is -0.478 e. The van der Waals surface area contributed by atoms with E-state index in [1.807, 2.05) is 13.0 Å². The van der Waals surface area contributed by atoms with Crippen LogP contribution in [-0.4, -0.2) is 17.1 Å². The lowest BCUT2D eigenvalue weighted by molar-refractivity contribution is 0.0697. The fraction of sp³-hybridized carbons (Fsp3) is 0.182. The number of carboxylic acids is 1. The van der Waals surface area contributed by atoms with Crippen molar-refractivity contribution in [3.8, 4) is 0 Å². The van der Waals surface area contributed by atoms with Crippen molar-refractivity contribution in [1.29, 1.82) is 0 Å². The Morgan fingerprint density at radius 1 is 1.53 bits per heavy atom. The average molecular weight is 204 g/mol. The second kappa shape index (κ2) is 3.31. The molecule has 0 radical (unpaired) electrons. The van der Waals surface area contributed by atoms with Crippen LogP contribution in [0.2, 0.25) is 0 Å². The van der Waals surface area contributed by atoms with Gasteiger partial charge in [-0.1, -0.05) is 0 Å². The first-order chi connectivity index (χ1) is 7.08. The van der Waals surface area contributed by atoms with E-state index in [0.29, 0.717) is 5.70 Å². The van der Waals surface area contributed by atoms with Crippen LogP contribution in [0, 0.1) is 0 Å². The zero-order valence-corrected chi connectivity index (χ0v) is 8.32. The molecule has 4 N–H and O–H groups in total. The van der Waals surface area contributed by atoms with Crippen LogP contribution in [0.5, 0.6) is 0 Å². The van der Waals surface area contributed by atoms with Crippen LogP contribution in [0.25, 0.3) is 5.70 Å². The lowest BCUT2D eigenvalue weighted by Crippen LogP contribution is -2.21. The summed E-state index contributed by atoms with van der Waals surface area (Å²) in [6.07, 6.45) is 1.87. The minimum absolute atomic E-state index is 0.174. The summed E-state index contributed by atoms with van der Waals surface area (Å²) in [5.74, 6) is -0.941. The van der Waals surface area contributed by atoms with Crippen molar-refractivity contribution < 1.29 is 9.90 Å². The van der Waals surface area contributed by atoms with Gasteiger partial charge in [-0.3, -0.25) is 0 Å². The first-order valence-electron chi connectivity index (χ1n) is 4.69. The highest BCUT2D eigenvalue weighted by atomic mass is 16.4. The number of nitrogens with two attached hydrogens (primary N) is 1. The number of carbonyl (C=O) groups is 1. The fourth-order valence-corrected chi connectivity index (χ4v) is 1.69. The molecule has 1 unspecified atom stereocenters. The Morgan fingerprint density at radius 2 is 2.27 bits per heavy atom. The largest absolute Gasteiger partial charge is 0.478 e. The van der Waals surface area contributed by atoms with E-state index in [4.69, 9.17) is 10.8 Å². The highest BCUT2D eigenvalue weighted by molar-refractivity contribution is 5.91. The van der Waals surface area contributed by atoms with Gasteiger partial charge in [-0.25, -0.2) is 4.79 Å². The number of hydrogen-bond acceptors (Lipinski definition) is 3. The molecular formula is C11H12N2O2. The summed E-state index contributed by atoms with van der Waals surface area (Å²) in [6, 6.07) is 5.07. The van der Waals surface area contributed by atoms with Gasteiger partial charge in [0.05, 0.1) is 5.56 Å². The van der Waals surface area contributed by atoms with E-state index < -0.39 is 5.97 Å². The van der Waals surface area contributed by atoms with E-state index >= 15 is 0 Å². The zero-order chi connectivity index (χ0) is 11.0. The Balaban J connectivity index is 2.52. The van der Waals surface area contributed by atoms with Crippen LogP contribution in [0.4, 0.5) is 5.69 Å². The van der Waals surface area contributed by atoms with Gasteiger partial charge >= 0.3 is 5.97 Å². The Bertz CT molecular complexity index is 452. The van der Waals surface area contributed by atoms with Gasteiger partial charge in [0.2, 0.25) is 0 Å². The van der Waals surface area contributed by atoms with Crippen molar-refractivity contribution in [1.82, 2.24) is 0 Å². The number of aromatic carboxylic acids is 1. The molecule has 0 amide bonds. The first-order valence-corrected chi connectivity index (χ1v) is 4.69. The third kappa shape index (κ3) is 1.66. The van der Waals surface area contributed by atoms with Crippen molar-refractivity contribution in [2.45, 2.75) is 13.0 Å². The Hall–Kier alpha value is -1.97. The second-order valence-corrected chi connectivity index (χ2v) is 3.62. The third-order valence-electron chi connectivity index (χ3n) is 2.39. The number of nitrogens with one attached hydrogen (secondary N) is 1. The Kier molecular flexibility index (Phi) is 2.11. The smallest absolute Gasteiger partial charge is 0.335 e. The van der Waals surface area contributed by atoms with Crippen LogP contribution in [0.1, 0.15) is 22.8 Å². The van der Waals surface area contributed by atoms with Crippen LogP contribution in [0.15, 0.2) is 24.3 Å². The van der Waals surface area contributed by atoms with E-state index in [0.717, 1.165) is 11.3 Å². The van der Waals surface area contributed by atoms with Gasteiger partial charge in [-0.2, -0.15) is 0 Å². The fourth-order valence-electron chi connectivity index (χ4n) is 1.69. The number of hydrogen-bond donors (Lipinski definition) is 3. The molecule has 78 valence electrons. The van der Waals surface area contributed by atoms with E-state index in [9.17, 15) is 4.79 Å². The molecule has 15 heavy (non-hydrogen) atoms. The quantitative estimate of drug-likeness (QED) is 0.648.